The predicted molar refractivity (Wildman–Crippen MR) is 110 cm³/mol. The lowest BCUT2D eigenvalue weighted by Crippen LogP contribution is -2.87. The maximum Gasteiger partial charge on any atom is 0.277 e. The molecule has 0 saturated carbocycles. The normalized spacial score (nSPS) is 12.5. The van der Waals surface area contributed by atoms with E-state index in [2.05, 4.69) is 48.0 Å². The van der Waals surface area contributed by atoms with E-state index in [0.717, 1.165) is 0 Å². The molecule has 5 nitrogen and oxygen atoms in total. The third-order valence-corrected chi connectivity index (χ3v) is 5.09. The first-order chi connectivity index (χ1) is 12.7. The number of likely N-dealkylation sites (N-methyl/N-ethyl adjacent to an activating group) is 1. The fourth-order valence-corrected chi connectivity index (χ4v) is 3.64. The van der Waals surface area contributed by atoms with Gasteiger partial charge in [-0.25, -0.2) is 0 Å². The summed E-state index contributed by atoms with van der Waals surface area (Å²) in [5.41, 5.74) is 2.08. The van der Waals surface area contributed by atoms with Gasteiger partial charge in [-0.3, -0.25) is 9.59 Å². The maximum atomic E-state index is 12.5. The molecule has 1 aromatic heterocycles. The van der Waals surface area contributed by atoms with Crippen LogP contribution in [-0.2, 0) is 9.59 Å². The molecule has 0 aliphatic carbocycles. The molecule has 2 rings (SSSR count). The summed E-state index contributed by atoms with van der Waals surface area (Å²) < 4.78 is 0. The fourth-order valence-electron chi connectivity index (χ4n) is 2.79. The van der Waals surface area contributed by atoms with Crippen molar-refractivity contribution in [1.29, 1.82) is 0 Å². The zero-order chi connectivity index (χ0) is 20.0. The Morgan fingerprint density at radius 1 is 1.19 bits per heavy atom. The predicted octanol–water partition coefficient (Wildman–Crippen LogP) is 2.08. The molecule has 0 spiro atoms. The summed E-state index contributed by atoms with van der Waals surface area (Å²) in [6.07, 6.45) is 0. The lowest BCUT2D eigenvalue weighted by Gasteiger charge is -2.23. The largest absolute Gasteiger partial charge is 0.350 e. The number of aryl methyl sites for hydroxylation is 1. The molecule has 0 fully saturated rings. The van der Waals surface area contributed by atoms with Crippen molar-refractivity contribution < 1.29 is 14.9 Å². The quantitative estimate of drug-likeness (QED) is 0.763. The number of carbonyl (C=O) groups excluding carboxylic acids is 2. The number of carbonyl (C=O) groups is 2. The molecule has 6 heteroatoms. The van der Waals surface area contributed by atoms with Crippen molar-refractivity contribution in [2.45, 2.75) is 39.3 Å². The van der Waals surface area contributed by atoms with E-state index in [1.807, 2.05) is 32.2 Å². The van der Waals surface area contributed by atoms with E-state index in [1.165, 1.54) is 20.9 Å². The zero-order valence-electron chi connectivity index (χ0n) is 16.8. The van der Waals surface area contributed by atoms with Gasteiger partial charge in [0.2, 0.25) is 5.91 Å². The van der Waals surface area contributed by atoms with Gasteiger partial charge in [-0.2, -0.15) is 0 Å². The van der Waals surface area contributed by atoms with Crippen molar-refractivity contribution in [3.05, 3.63) is 57.8 Å². The molecule has 0 unspecified atom stereocenters. The Balaban J connectivity index is 1.99. The highest BCUT2D eigenvalue weighted by Crippen LogP contribution is 2.22. The Bertz CT molecular complexity index is 749. The minimum atomic E-state index is -0.303. The molecule has 0 aliphatic heterocycles. The standard InChI is InChI=1S/C21H29N3O2S/c1-15-8-10-16(11-9-15)20(17-7-6-12-27-17)22-13-19(26)24(5)14-18(25)23-21(2,3)4/h6-12,20,22H,13-14H2,1-5H3,(H,23,25)/p+1/t20-/m0/s1. The van der Waals surface area contributed by atoms with Crippen LogP contribution in [0.3, 0.4) is 0 Å². The second-order valence-corrected chi connectivity index (χ2v) is 8.87. The minimum Gasteiger partial charge on any atom is -0.350 e. The second-order valence-electron chi connectivity index (χ2n) is 7.89. The number of amides is 2. The fraction of sp³-hybridized carbons (Fsp3) is 0.429. The Morgan fingerprint density at radius 2 is 1.85 bits per heavy atom. The summed E-state index contributed by atoms with van der Waals surface area (Å²) in [5, 5.41) is 6.97. The van der Waals surface area contributed by atoms with E-state index in [-0.39, 0.29) is 36.5 Å². The number of hydrogen-bond donors (Lipinski definition) is 2. The van der Waals surface area contributed by atoms with Crippen LogP contribution in [0.4, 0.5) is 0 Å². The lowest BCUT2D eigenvalue weighted by molar-refractivity contribution is -0.676. The summed E-state index contributed by atoms with van der Waals surface area (Å²) in [5.74, 6) is -0.209. The second kappa shape index (κ2) is 9.15. The average Bonchev–Trinajstić information content (AvgIpc) is 3.08. The number of nitrogens with one attached hydrogen (secondary N) is 1. The molecule has 27 heavy (non-hydrogen) atoms. The van der Waals surface area contributed by atoms with Gasteiger partial charge in [0.15, 0.2) is 6.54 Å². The monoisotopic (exact) mass is 388 g/mol. The van der Waals surface area contributed by atoms with Gasteiger partial charge in [0, 0.05) is 18.2 Å². The minimum absolute atomic E-state index is 0.0623. The molecule has 0 saturated heterocycles. The van der Waals surface area contributed by atoms with Gasteiger partial charge in [-0.15, -0.1) is 11.3 Å². The van der Waals surface area contributed by atoms with Gasteiger partial charge in [-0.1, -0.05) is 35.9 Å². The first kappa shape index (κ1) is 21.1. The van der Waals surface area contributed by atoms with Crippen molar-refractivity contribution in [3.8, 4) is 0 Å². The number of thiophene rings is 1. The smallest absolute Gasteiger partial charge is 0.277 e. The van der Waals surface area contributed by atoms with E-state index in [9.17, 15) is 9.59 Å². The zero-order valence-corrected chi connectivity index (χ0v) is 17.6. The Morgan fingerprint density at radius 3 is 2.41 bits per heavy atom. The molecule has 0 bridgehead atoms. The van der Waals surface area contributed by atoms with Crippen LogP contribution in [0.25, 0.3) is 0 Å². The molecule has 2 amide bonds. The summed E-state index contributed by atoms with van der Waals surface area (Å²) in [6, 6.07) is 12.6. The summed E-state index contributed by atoms with van der Waals surface area (Å²) >= 11 is 1.69. The van der Waals surface area contributed by atoms with Crippen molar-refractivity contribution in [1.82, 2.24) is 10.2 Å². The van der Waals surface area contributed by atoms with Crippen molar-refractivity contribution >= 4 is 23.2 Å². The molecular weight excluding hydrogens is 358 g/mol. The number of quaternary nitrogens is 1. The van der Waals surface area contributed by atoms with Crippen LogP contribution in [0.15, 0.2) is 41.8 Å². The molecule has 1 atom stereocenters. The highest BCUT2D eigenvalue weighted by molar-refractivity contribution is 7.10. The van der Waals surface area contributed by atoms with E-state index < -0.39 is 0 Å². The van der Waals surface area contributed by atoms with E-state index >= 15 is 0 Å². The van der Waals surface area contributed by atoms with Crippen molar-refractivity contribution in [3.63, 3.8) is 0 Å². The van der Waals surface area contributed by atoms with Gasteiger partial charge in [0.25, 0.3) is 5.91 Å². The van der Waals surface area contributed by atoms with E-state index in [1.54, 1.807) is 18.4 Å². The SMILES string of the molecule is Cc1ccc([C@H]([NH2+]CC(=O)N(C)CC(=O)NC(C)(C)C)c2cccs2)cc1. The Kier molecular flexibility index (Phi) is 7.16. The highest BCUT2D eigenvalue weighted by Gasteiger charge is 2.23. The number of benzene rings is 1. The molecular formula is C21H30N3O2S+. The number of nitrogens with two attached hydrogens (primary N) is 1. The van der Waals surface area contributed by atoms with Gasteiger partial charge < -0.3 is 15.5 Å². The van der Waals surface area contributed by atoms with Gasteiger partial charge in [0.1, 0.15) is 6.04 Å². The topological polar surface area (TPSA) is 66.0 Å². The Hall–Kier alpha value is -2.18. The van der Waals surface area contributed by atoms with Crippen LogP contribution in [0, 0.1) is 6.92 Å². The van der Waals surface area contributed by atoms with Crippen LogP contribution in [0.5, 0.6) is 0 Å². The van der Waals surface area contributed by atoms with E-state index in [4.69, 9.17) is 0 Å². The van der Waals surface area contributed by atoms with Gasteiger partial charge >= 0.3 is 0 Å². The summed E-state index contributed by atoms with van der Waals surface area (Å²) in [6.45, 7) is 8.19. The highest BCUT2D eigenvalue weighted by atomic mass is 32.1. The number of hydrogen-bond acceptors (Lipinski definition) is 3. The van der Waals surface area contributed by atoms with E-state index in [0.29, 0.717) is 0 Å². The van der Waals surface area contributed by atoms with Crippen LogP contribution in [0.2, 0.25) is 0 Å². The van der Waals surface area contributed by atoms with Crippen LogP contribution < -0.4 is 10.6 Å². The molecule has 0 aliphatic rings. The van der Waals surface area contributed by atoms with Crippen molar-refractivity contribution in [2.75, 3.05) is 20.1 Å². The molecule has 1 heterocycles. The molecule has 3 N–H and O–H groups in total. The lowest BCUT2D eigenvalue weighted by atomic mass is 10.0. The summed E-state index contributed by atoms with van der Waals surface area (Å²) in [7, 11) is 1.67. The van der Waals surface area contributed by atoms with Gasteiger partial charge in [-0.05, 0) is 39.1 Å². The molecule has 1 aromatic carbocycles. The van der Waals surface area contributed by atoms with Crippen LogP contribution >= 0.6 is 11.3 Å². The Labute approximate surface area is 165 Å². The van der Waals surface area contributed by atoms with Crippen molar-refractivity contribution in [2.24, 2.45) is 0 Å². The first-order valence-electron chi connectivity index (χ1n) is 9.14. The maximum absolute atomic E-state index is 12.5. The van der Waals surface area contributed by atoms with Crippen LogP contribution in [-0.4, -0.2) is 42.4 Å². The first-order valence-corrected chi connectivity index (χ1v) is 10.0. The molecule has 0 radical (unpaired) electrons. The third-order valence-electron chi connectivity index (χ3n) is 4.14. The van der Waals surface area contributed by atoms with Gasteiger partial charge in [0.05, 0.1) is 11.4 Å². The molecule has 146 valence electrons. The summed E-state index contributed by atoms with van der Waals surface area (Å²) in [4.78, 5) is 27.3. The average molecular weight is 389 g/mol. The number of nitrogens with zero attached hydrogens (tertiary/aromatic N) is 1. The number of rotatable bonds is 7. The van der Waals surface area contributed by atoms with Crippen LogP contribution in [0.1, 0.15) is 42.8 Å². The third kappa shape index (κ3) is 6.81. The molecule has 2 aromatic rings.